The number of nitrogens with zero attached hydrogens (tertiary/aromatic N) is 1. The van der Waals surface area contributed by atoms with Crippen molar-refractivity contribution in [2.75, 3.05) is 18.5 Å². The Kier molecular flexibility index (Phi) is 3.82. The number of likely N-dealkylation sites (N-methyl/N-ethyl adjacent to an activating group) is 1. The Bertz CT molecular complexity index is 552. The van der Waals surface area contributed by atoms with Gasteiger partial charge in [-0.3, -0.25) is 9.59 Å². The summed E-state index contributed by atoms with van der Waals surface area (Å²) in [6.45, 7) is 0.284. The monoisotopic (exact) mass is 288 g/mol. The van der Waals surface area contributed by atoms with E-state index in [0.717, 1.165) is 31.4 Å². The first-order chi connectivity index (χ1) is 10.2. The maximum absolute atomic E-state index is 12.8. The fourth-order valence-electron chi connectivity index (χ4n) is 3.13. The lowest BCUT2D eigenvalue weighted by Gasteiger charge is -2.35. The molecule has 2 aliphatic rings. The highest BCUT2D eigenvalue weighted by Gasteiger charge is 2.36. The van der Waals surface area contributed by atoms with Crippen molar-refractivity contribution in [3.05, 3.63) is 24.3 Å². The van der Waals surface area contributed by atoms with Gasteiger partial charge in [0.1, 0.15) is 5.75 Å². The van der Waals surface area contributed by atoms with Crippen LogP contribution in [-0.4, -0.2) is 31.5 Å². The van der Waals surface area contributed by atoms with Crippen molar-refractivity contribution >= 4 is 17.5 Å². The molecule has 112 valence electrons. The van der Waals surface area contributed by atoms with Gasteiger partial charge in [0.15, 0.2) is 6.10 Å². The molecular formula is C16H20N2O3. The third-order valence-electron chi connectivity index (χ3n) is 4.28. The van der Waals surface area contributed by atoms with Crippen LogP contribution in [0.4, 0.5) is 5.69 Å². The number of para-hydroxylation sites is 2. The van der Waals surface area contributed by atoms with Crippen LogP contribution < -0.4 is 15.0 Å². The molecule has 0 radical (unpaired) electrons. The molecule has 5 nitrogen and oxygen atoms in total. The van der Waals surface area contributed by atoms with Crippen LogP contribution in [0.1, 0.15) is 25.7 Å². The van der Waals surface area contributed by atoms with Crippen molar-refractivity contribution in [2.24, 2.45) is 5.92 Å². The number of hydrogen-bond donors (Lipinski definition) is 1. The summed E-state index contributed by atoms with van der Waals surface area (Å²) in [5, 5.41) is 2.59. The zero-order chi connectivity index (χ0) is 14.8. The fraction of sp³-hybridized carbons (Fsp3) is 0.500. The molecule has 1 aliphatic heterocycles. The lowest BCUT2D eigenvalue weighted by Crippen LogP contribution is -2.51. The molecule has 1 aromatic rings. The lowest BCUT2D eigenvalue weighted by molar-refractivity contribution is -0.128. The lowest BCUT2D eigenvalue weighted by atomic mass is 10.0. The van der Waals surface area contributed by atoms with Crippen molar-refractivity contribution in [3.63, 3.8) is 0 Å². The summed E-state index contributed by atoms with van der Waals surface area (Å²) in [5.74, 6) is 0.607. The quantitative estimate of drug-likeness (QED) is 0.901. The van der Waals surface area contributed by atoms with Crippen LogP contribution in [0.5, 0.6) is 5.75 Å². The molecule has 0 spiro atoms. The topological polar surface area (TPSA) is 58.6 Å². The van der Waals surface area contributed by atoms with Crippen molar-refractivity contribution in [1.82, 2.24) is 5.32 Å². The highest BCUT2D eigenvalue weighted by Crippen LogP contribution is 2.36. The molecule has 0 bridgehead atoms. The van der Waals surface area contributed by atoms with E-state index in [4.69, 9.17) is 4.74 Å². The highest BCUT2D eigenvalue weighted by molar-refractivity contribution is 5.98. The minimum Gasteiger partial charge on any atom is -0.477 e. The van der Waals surface area contributed by atoms with Gasteiger partial charge < -0.3 is 15.0 Å². The Morgan fingerprint density at radius 2 is 1.95 bits per heavy atom. The Hall–Kier alpha value is -2.04. The van der Waals surface area contributed by atoms with Crippen LogP contribution in [0.2, 0.25) is 0 Å². The molecule has 1 atom stereocenters. The molecule has 0 unspecified atom stereocenters. The van der Waals surface area contributed by atoms with E-state index in [9.17, 15) is 9.59 Å². The number of hydrogen-bond acceptors (Lipinski definition) is 3. The third kappa shape index (κ3) is 2.60. The fourth-order valence-corrected chi connectivity index (χ4v) is 3.13. The van der Waals surface area contributed by atoms with Gasteiger partial charge in [-0.1, -0.05) is 25.0 Å². The summed E-state index contributed by atoms with van der Waals surface area (Å²) >= 11 is 0. The molecule has 0 saturated heterocycles. The van der Waals surface area contributed by atoms with E-state index in [0.29, 0.717) is 5.75 Å². The molecule has 1 aliphatic carbocycles. The zero-order valence-electron chi connectivity index (χ0n) is 12.2. The van der Waals surface area contributed by atoms with Crippen molar-refractivity contribution in [2.45, 2.75) is 31.8 Å². The minimum atomic E-state index is -0.643. The van der Waals surface area contributed by atoms with Crippen LogP contribution in [0, 0.1) is 5.92 Å². The van der Waals surface area contributed by atoms with E-state index in [2.05, 4.69) is 5.32 Å². The van der Waals surface area contributed by atoms with E-state index < -0.39 is 6.10 Å². The Balaban J connectivity index is 1.90. The standard InChI is InChI=1S/C16H20N2O3/c1-17-15(19)14-10-18(16(20)11-6-2-3-7-11)12-8-4-5-9-13(12)21-14/h4-5,8-9,11,14H,2-3,6-7,10H2,1H3,(H,17,19)/t14-/m0/s1. The SMILES string of the molecule is CNC(=O)[C@@H]1CN(C(=O)C2CCCC2)c2ccccc2O1. The normalized spacial score (nSPS) is 21.6. The largest absolute Gasteiger partial charge is 0.477 e. The summed E-state index contributed by atoms with van der Waals surface area (Å²) in [7, 11) is 1.58. The molecule has 1 heterocycles. The molecule has 0 aromatic heterocycles. The van der Waals surface area contributed by atoms with Gasteiger partial charge in [-0.25, -0.2) is 0 Å². The summed E-state index contributed by atoms with van der Waals surface area (Å²) in [4.78, 5) is 26.4. The summed E-state index contributed by atoms with van der Waals surface area (Å²) in [5.41, 5.74) is 0.773. The Morgan fingerprint density at radius 3 is 2.67 bits per heavy atom. The van der Waals surface area contributed by atoms with Gasteiger partial charge in [0.05, 0.1) is 12.2 Å². The second kappa shape index (κ2) is 5.76. The number of anilines is 1. The van der Waals surface area contributed by atoms with Crippen molar-refractivity contribution < 1.29 is 14.3 Å². The van der Waals surface area contributed by atoms with Crippen molar-refractivity contribution in [3.8, 4) is 5.75 Å². The highest BCUT2D eigenvalue weighted by atomic mass is 16.5. The number of carbonyl (C=O) groups excluding carboxylic acids is 2. The van der Waals surface area contributed by atoms with E-state index in [-0.39, 0.29) is 24.3 Å². The smallest absolute Gasteiger partial charge is 0.262 e. The average Bonchev–Trinajstić information content (AvgIpc) is 3.06. The predicted molar refractivity (Wildman–Crippen MR) is 79.2 cm³/mol. The van der Waals surface area contributed by atoms with Gasteiger partial charge >= 0.3 is 0 Å². The Morgan fingerprint density at radius 1 is 1.24 bits per heavy atom. The molecule has 5 heteroatoms. The molecular weight excluding hydrogens is 268 g/mol. The maximum Gasteiger partial charge on any atom is 0.262 e. The van der Waals surface area contributed by atoms with Gasteiger partial charge in [0, 0.05) is 13.0 Å². The van der Waals surface area contributed by atoms with Crippen molar-refractivity contribution in [1.29, 1.82) is 0 Å². The summed E-state index contributed by atoms with van der Waals surface area (Å²) in [6.07, 6.45) is 3.48. The number of carbonyl (C=O) groups is 2. The van der Waals surface area contributed by atoms with Gasteiger partial charge in [0.2, 0.25) is 5.91 Å². The molecule has 1 aromatic carbocycles. The number of ether oxygens (including phenoxy) is 1. The maximum atomic E-state index is 12.8. The zero-order valence-corrected chi connectivity index (χ0v) is 12.2. The van der Waals surface area contributed by atoms with Crippen LogP contribution in [0.3, 0.4) is 0 Å². The van der Waals surface area contributed by atoms with Gasteiger partial charge in [0.25, 0.3) is 5.91 Å². The first kappa shape index (κ1) is 13.9. The predicted octanol–water partition coefficient (Wildman–Crippen LogP) is 1.72. The number of nitrogens with one attached hydrogen (secondary N) is 1. The number of benzene rings is 1. The third-order valence-corrected chi connectivity index (χ3v) is 4.28. The average molecular weight is 288 g/mol. The number of amides is 2. The Labute approximate surface area is 124 Å². The second-order valence-corrected chi connectivity index (χ2v) is 5.62. The molecule has 2 amide bonds. The summed E-state index contributed by atoms with van der Waals surface area (Å²) < 4.78 is 5.72. The van der Waals surface area contributed by atoms with Crippen LogP contribution in [0.25, 0.3) is 0 Å². The molecule has 1 fully saturated rings. The van der Waals surface area contributed by atoms with Gasteiger partial charge in [-0.05, 0) is 25.0 Å². The first-order valence-corrected chi connectivity index (χ1v) is 7.49. The van der Waals surface area contributed by atoms with E-state index in [1.54, 1.807) is 18.0 Å². The van der Waals surface area contributed by atoms with Crippen LogP contribution in [0.15, 0.2) is 24.3 Å². The van der Waals surface area contributed by atoms with E-state index in [1.165, 1.54) is 0 Å². The van der Waals surface area contributed by atoms with E-state index in [1.807, 2.05) is 18.2 Å². The molecule has 21 heavy (non-hydrogen) atoms. The van der Waals surface area contributed by atoms with Crippen LogP contribution in [-0.2, 0) is 9.59 Å². The van der Waals surface area contributed by atoms with Crippen LogP contribution >= 0.6 is 0 Å². The second-order valence-electron chi connectivity index (χ2n) is 5.62. The molecule has 1 saturated carbocycles. The molecule has 3 rings (SSSR count). The number of rotatable bonds is 2. The first-order valence-electron chi connectivity index (χ1n) is 7.49. The van der Waals surface area contributed by atoms with E-state index >= 15 is 0 Å². The summed E-state index contributed by atoms with van der Waals surface area (Å²) in [6, 6.07) is 7.42. The van der Waals surface area contributed by atoms with Gasteiger partial charge in [-0.15, -0.1) is 0 Å². The minimum absolute atomic E-state index is 0.0847. The van der Waals surface area contributed by atoms with Gasteiger partial charge in [-0.2, -0.15) is 0 Å². The number of fused-ring (bicyclic) bond motifs is 1. The molecule has 1 N–H and O–H groups in total.